The first-order chi connectivity index (χ1) is 8.56. The molecule has 0 bridgehead atoms. The fourth-order valence-corrected chi connectivity index (χ4v) is 2.21. The van der Waals surface area contributed by atoms with Crippen molar-refractivity contribution in [3.05, 3.63) is 29.0 Å². The Labute approximate surface area is 110 Å². The van der Waals surface area contributed by atoms with Crippen molar-refractivity contribution in [2.75, 3.05) is 37.6 Å². The molecule has 0 radical (unpaired) electrons. The minimum Gasteiger partial charge on any atom is -0.480 e. The van der Waals surface area contributed by atoms with E-state index in [0.717, 1.165) is 18.8 Å². The molecule has 2 rings (SSSR count). The molecule has 1 aromatic rings. The first-order valence-electron chi connectivity index (χ1n) is 5.70. The van der Waals surface area contributed by atoms with Crippen molar-refractivity contribution in [2.24, 2.45) is 0 Å². The molecule has 1 heterocycles. The van der Waals surface area contributed by atoms with Crippen LogP contribution in [0.5, 0.6) is 0 Å². The van der Waals surface area contributed by atoms with Gasteiger partial charge in [-0.15, -0.1) is 0 Å². The summed E-state index contributed by atoms with van der Waals surface area (Å²) in [6, 6.07) is 4.64. The van der Waals surface area contributed by atoms with Gasteiger partial charge in [-0.1, -0.05) is 11.6 Å². The fourth-order valence-electron chi connectivity index (χ4n) is 2.04. The number of halogens is 2. The molecule has 1 N–H and O–H groups in total. The summed E-state index contributed by atoms with van der Waals surface area (Å²) in [6.45, 7) is 2.87. The number of nitrogens with zero attached hydrogens (tertiary/aromatic N) is 2. The van der Waals surface area contributed by atoms with Gasteiger partial charge in [-0.05, 0) is 18.2 Å². The second kappa shape index (κ2) is 5.54. The average Bonchev–Trinajstić information content (AvgIpc) is 2.33. The van der Waals surface area contributed by atoms with Crippen LogP contribution in [-0.2, 0) is 4.79 Å². The van der Waals surface area contributed by atoms with E-state index >= 15 is 0 Å². The number of hydrogen-bond acceptors (Lipinski definition) is 3. The maximum absolute atomic E-state index is 13.0. The minimum atomic E-state index is -0.812. The molecule has 0 atom stereocenters. The van der Waals surface area contributed by atoms with E-state index in [1.54, 1.807) is 12.1 Å². The summed E-state index contributed by atoms with van der Waals surface area (Å²) in [5.74, 6) is -1.24. The van der Waals surface area contributed by atoms with Gasteiger partial charge >= 0.3 is 5.97 Å². The van der Waals surface area contributed by atoms with Gasteiger partial charge in [0, 0.05) is 31.9 Å². The molecule has 0 unspecified atom stereocenters. The van der Waals surface area contributed by atoms with E-state index < -0.39 is 11.8 Å². The van der Waals surface area contributed by atoms with E-state index in [9.17, 15) is 9.18 Å². The van der Waals surface area contributed by atoms with Crippen LogP contribution in [0.15, 0.2) is 18.2 Å². The van der Waals surface area contributed by atoms with Crippen LogP contribution in [0.2, 0.25) is 5.02 Å². The summed E-state index contributed by atoms with van der Waals surface area (Å²) in [4.78, 5) is 14.5. The monoisotopic (exact) mass is 272 g/mol. The second-order valence-electron chi connectivity index (χ2n) is 4.26. The van der Waals surface area contributed by atoms with Crippen LogP contribution in [-0.4, -0.2) is 48.7 Å². The molecule has 0 amide bonds. The lowest BCUT2D eigenvalue weighted by atomic mass is 10.2. The SMILES string of the molecule is O=C(O)CN1CCN(c2ccc(F)c(Cl)c2)CC1. The molecule has 4 nitrogen and oxygen atoms in total. The number of rotatable bonds is 3. The van der Waals surface area contributed by atoms with Gasteiger partial charge in [-0.25, -0.2) is 4.39 Å². The average molecular weight is 273 g/mol. The van der Waals surface area contributed by atoms with Gasteiger partial charge in [-0.3, -0.25) is 9.69 Å². The summed E-state index contributed by atoms with van der Waals surface area (Å²) in [7, 11) is 0. The van der Waals surface area contributed by atoms with E-state index in [1.807, 2.05) is 4.90 Å². The van der Waals surface area contributed by atoms with Crippen LogP contribution < -0.4 is 4.90 Å². The number of benzene rings is 1. The van der Waals surface area contributed by atoms with Gasteiger partial charge in [-0.2, -0.15) is 0 Å². The van der Waals surface area contributed by atoms with Crippen LogP contribution in [0.1, 0.15) is 0 Å². The lowest BCUT2D eigenvalue weighted by Gasteiger charge is -2.35. The topological polar surface area (TPSA) is 43.8 Å². The Morgan fingerprint density at radius 1 is 1.33 bits per heavy atom. The highest BCUT2D eigenvalue weighted by Gasteiger charge is 2.19. The van der Waals surface area contributed by atoms with Crippen LogP contribution in [0.25, 0.3) is 0 Å². The maximum Gasteiger partial charge on any atom is 0.317 e. The zero-order chi connectivity index (χ0) is 13.1. The van der Waals surface area contributed by atoms with Crippen molar-refractivity contribution >= 4 is 23.3 Å². The molecule has 1 aliphatic rings. The quantitative estimate of drug-likeness (QED) is 0.909. The predicted octanol–water partition coefficient (Wildman–Crippen LogP) is 1.69. The van der Waals surface area contributed by atoms with Crippen molar-refractivity contribution in [3.63, 3.8) is 0 Å². The molecule has 0 aliphatic carbocycles. The molecule has 6 heteroatoms. The highest BCUT2D eigenvalue weighted by molar-refractivity contribution is 6.31. The van der Waals surface area contributed by atoms with Crippen molar-refractivity contribution in [1.29, 1.82) is 0 Å². The van der Waals surface area contributed by atoms with E-state index in [4.69, 9.17) is 16.7 Å². The highest BCUT2D eigenvalue weighted by Crippen LogP contribution is 2.23. The van der Waals surface area contributed by atoms with E-state index in [1.165, 1.54) is 6.07 Å². The molecule has 98 valence electrons. The van der Waals surface area contributed by atoms with Gasteiger partial charge in [0.15, 0.2) is 0 Å². The van der Waals surface area contributed by atoms with Crippen molar-refractivity contribution in [2.45, 2.75) is 0 Å². The predicted molar refractivity (Wildman–Crippen MR) is 67.7 cm³/mol. The third kappa shape index (κ3) is 3.11. The zero-order valence-electron chi connectivity index (χ0n) is 9.77. The van der Waals surface area contributed by atoms with Crippen molar-refractivity contribution in [1.82, 2.24) is 4.90 Å². The van der Waals surface area contributed by atoms with E-state index in [2.05, 4.69) is 4.90 Å². The summed E-state index contributed by atoms with van der Waals surface area (Å²) in [5, 5.41) is 8.81. The zero-order valence-corrected chi connectivity index (χ0v) is 10.5. The first-order valence-corrected chi connectivity index (χ1v) is 6.08. The Morgan fingerprint density at radius 3 is 2.56 bits per heavy atom. The Kier molecular flexibility index (Phi) is 4.04. The number of anilines is 1. The molecule has 0 spiro atoms. The van der Waals surface area contributed by atoms with Gasteiger partial charge in [0.2, 0.25) is 0 Å². The van der Waals surface area contributed by atoms with E-state index in [-0.39, 0.29) is 11.6 Å². The third-order valence-corrected chi connectivity index (χ3v) is 3.29. The molecule has 1 aliphatic heterocycles. The number of piperazine rings is 1. The molecule has 1 aromatic carbocycles. The Balaban J connectivity index is 1.96. The summed E-state index contributed by atoms with van der Waals surface area (Å²) in [6.07, 6.45) is 0. The Morgan fingerprint density at radius 2 is 2.00 bits per heavy atom. The lowest BCUT2D eigenvalue weighted by molar-refractivity contribution is -0.138. The fraction of sp³-hybridized carbons (Fsp3) is 0.417. The van der Waals surface area contributed by atoms with Gasteiger partial charge in [0.1, 0.15) is 5.82 Å². The van der Waals surface area contributed by atoms with Gasteiger partial charge < -0.3 is 10.0 Å². The molecule has 1 saturated heterocycles. The standard InChI is InChI=1S/C12H14ClFN2O2/c13-10-7-9(1-2-11(10)14)16-5-3-15(4-6-16)8-12(17)18/h1-2,7H,3-6,8H2,(H,17,18). The Bertz CT molecular complexity index is 448. The number of aliphatic carboxylic acids is 1. The summed E-state index contributed by atoms with van der Waals surface area (Å²) < 4.78 is 13.0. The summed E-state index contributed by atoms with van der Waals surface area (Å²) >= 11 is 5.74. The second-order valence-corrected chi connectivity index (χ2v) is 4.66. The van der Waals surface area contributed by atoms with Gasteiger partial charge in [0.05, 0.1) is 11.6 Å². The molecule has 0 saturated carbocycles. The third-order valence-electron chi connectivity index (χ3n) is 3.00. The number of carbonyl (C=O) groups is 1. The first kappa shape index (κ1) is 13.1. The largest absolute Gasteiger partial charge is 0.480 e. The number of carboxylic acid groups (broad SMARTS) is 1. The molecular formula is C12H14ClFN2O2. The van der Waals surface area contributed by atoms with Gasteiger partial charge in [0.25, 0.3) is 0 Å². The minimum absolute atomic E-state index is 0.0675. The number of carboxylic acids is 1. The molecule has 18 heavy (non-hydrogen) atoms. The number of hydrogen-bond donors (Lipinski definition) is 1. The highest BCUT2D eigenvalue weighted by atomic mass is 35.5. The molecular weight excluding hydrogens is 259 g/mol. The maximum atomic E-state index is 13.0. The molecule has 0 aromatic heterocycles. The van der Waals surface area contributed by atoms with Crippen LogP contribution in [0.4, 0.5) is 10.1 Å². The lowest BCUT2D eigenvalue weighted by Crippen LogP contribution is -2.48. The van der Waals surface area contributed by atoms with Crippen LogP contribution >= 0.6 is 11.6 Å². The van der Waals surface area contributed by atoms with Crippen molar-refractivity contribution in [3.8, 4) is 0 Å². The smallest absolute Gasteiger partial charge is 0.317 e. The molecule has 1 fully saturated rings. The Hall–Kier alpha value is -1.33. The van der Waals surface area contributed by atoms with Crippen LogP contribution in [0, 0.1) is 5.82 Å². The van der Waals surface area contributed by atoms with Crippen molar-refractivity contribution < 1.29 is 14.3 Å². The normalized spacial score (nSPS) is 16.9. The summed E-state index contributed by atoms with van der Waals surface area (Å²) in [5.41, 5.74) is 0.872. The van der Waals surface area contributed by atoms with Crippen LogP contribution in [0.3, 0.4) is 0 Å². The van der Waals surface area contributed by atoms with E-state index in [0.29, 0.717) is 13.1 Å².